The first kappa shape index (κ1) is 18.3. The molecule has 124 valence electrons. The minimum Gasteiger partial charge on any atom is -0.376 e. The summed E-state index contributed by atoms with van der Waals surface area (Å²) in [5, 5.41) is 13.9. The Hall–Kier alpha value is -1.06. The second-order valence-corrected chi connectivity index (χ2v) is 6.61. The molecule has 1 aromatic carbocycles. The molecular formula is C16H19Cl2N3OS. The second kappa shape index (κ2) is 9.29. The summed E-state index contributed by atoms with van der Waals surface area (Å²) in [7, 11) is 0. The summed E-state index contributed by atoms with van der Waals surface area (Å²) in [6.45, 7) is 2.62. The third kappa shape index (κ3) is 5.82. The molecule has 1 heterocycles. The number of nitrogens with zero attached hydrogens (tertiary/aromatic N) is 2. The van der Waals surface area contributed by atoms with E-state index in [1.807, 2.05) is 11.0 Å². The predicted octanol–water partition coefficient (Wildman–Crippen LogP) is 3.76. The van der Waals surface area contributed by atoms with Crippen LogP contribution in [0.5, 0.6) is 0 Å². The molecule has 0 bridgehead atoms. The number of thiocarbonyl (C=S) groups is 1. The van der Waals surface area contributed by atoms with Gasteiger partial charge in [-0.05, 0) is 42.8 Å². The van der Waals surface area contributed by atoms with Gasteiger partial charge in [-0.3, -0.25) is 0 Å². The van der Waals surface area contributed by atoms with Crippen molar-refractivity contribution in [2.75, 3.05) is 19.7 Å². The minimum atomic E-state index is 0.188. The van der Waals surface area contributed by atoms with Crippen molar-refractivity contribution in [3.05, 3.63) is 33.8 Å². The van der Waals surface area contributed by atoms with Crippen LogP contribution in [0.15, 0.2) is 18.2 Å². The summed E-state index contributed by atoms with van der Waals surface area (Å²) in [6, 6.07) is 7.55. The van der Waals surface area contributed by atoms with Crippen LogP contribution in [0, 0.1) is 11.3 Å². The SMILES string of the molecule is N#CCCN(CC1CCCO1)C(=S)NCc1ccc(Cl)cc1Cl. The summed E-state index contributed by atoms with van der Waals surface area (Å²) in [6.07, 6.45) is 2.73. The zero-order chi connectivity index (χ0) is 16.7. The molecule has 0 spiro atoms. The monoisotopic (exact) mass is 371 g/mol. The van der Waals surface area contributed by atoms with Crippen LogP contribution in [0.3, 0.4) is 0 Å². The Morgan fingerprint density at radius 1 is 1.48 bits per heavy atom. The maximum Gasteiger partial charge on any atom is 0.169 e. The van der Waals surface area contributed by atoms with Gasteiger partial charge in [0.15, 0.2) is 5.11 Å². The van der Waals surface area contributed by atoms with Gasteiger partial charge in [-0.15, -0.1) is 0 Å². The molecule has 1 saturated heterocycles. The van der Waals surface area contributed by atoms with Gasteiger partial charge in [0.2, 0.25) is 0 Å². The quantitative estimate of drug-likeness (QED) is 0.771. The Balaban J connectivity index is 1.91. The first-order valence-corrected chi connectivity index (χ1v) is 8.72. The average molecular weight is 372 g/mol. The van der Waals surface area contributed by atoms with Gasteiger partial charge in [0.25, 0.3) is 0 Å². The highest BCUT2D eigenvalue weighted by atomic mass is 35.5. The van der Waals surface area contributed by atoms with E-state index in [4.69, 9.17) is 45.4 Å². The van der Waals surface area contributed by atoms with Gasteiger partial charge >= 0.3 is 0 Å². The van der Waals surface area contributed by atoms with Crippen molar-refractivity contribution in [1.29, 1.82) is 5.26 Å². The Morgan fingerprint density at radius 3 is 2.96 bits per heavy atom. The van der Waals surface area contributed by atoms with E-state index in [1.54, 1.807) is 12.1 Å². The lowest BCUT2D eigenvalue weighted by molar-refractivity contribution is 0.0914. The molecule has 1 aromatic rings. The molecule has 0 radical (unpaired) electrons. The van der Waals surface area contributed by atoms with Crippen LogP contribution in [0.2, 0.25) is 10.0 Å². The molecule has 4 nitrogen and oxygen atoms in total. The summed E-state index contributed by atoms with van der Waals surface area (Å²) < 4.78 is 5.66. The van der Waals surface area contributed by atoms with E-state index >= 15 is 0 Å². The molecule has 1 aliphatic rings. The Morgan fingerprint density at radius 2 is 2.30 bits per heavy atom. The zero-order valence-corrected chi connectivity index (χ0v) is 15.1. The standard InChI is InChI=1S/C16H19Cl2N3OS/c17-13-5-4-12(15(18)9-13)10-20-16(23)21(7-2-6-19)11-14-3-1-8-22-14/h4-5,9,14H,1-3,7-8,10-11H2,(H,20,23). The average Bonchev–Trinajstić information content (AvgIpc) is 3.03. The van der Waals surface area contributed by atoms with Crippen molar-refractivity contribution in [3.8, 4) is 6.07 Å². The lowest BCUT2D eigenvalue weighted by Gasteiger charge is -2.27. The van der Waals surface area contributed by atoms with Crippen molar-refractivity contribution >= 4 is 40.5 Å². The molecule has 1 N–H and O–H groups in total. The largest absolute Gasteiger partial charge is 0.376 e. The predicted molar refractivity (Wildman–Crippen MR) is 96.7 cm³/mol. The molecule has 23 heavy (non-hydrogen) atoms. The lowest BCUT2D eigenvalue weighted by atomic mass is 10.2. The van der Waals surface area contributed by atoms with Crippen molar-refractivity contribution in [3.63, 3.8) is 0 Å². The topological polar surface area (TPSA) is 48.3 Å². The molecule has 2 rings (SSSR count). The number of nitrogens with one attached hydrogen (secondary N) is 1. The van der Waals surface area contributed by atoms with Gasteiger partial charge in [0, 0.05) is 36.3 Å². The minimum absolute atomic E-state index is 0.188. The van der Waals surface area contributed by atoms with Crippen molar-refractivity contribution < 1.29 is 4.74 Å². The number of benzene rings is 1. The van der Waals surface area contributed by atoms with E-state index in [2.05, 4.69) is 11.4 Å². The van der Waals surface area contributed by atoms with Gasteiger partial charge in [-0.1, -0.05) is 29.3 Å². The van der Waals surface area contributed by atoms with Crippen LogP contribution < -0.4 is 5.32 Å². The lowest BCUT2D eigenvalue weighted by Crippen LogP contribution is -2.43. The third-order valence-corrected chi connectivity index (χ3v) is 4.66. The van der Waals surface area contributed by atoms with Gasteiger partial charge in [-0.25, -0.2) is 0 Å². The van der Waals surface area contributed by atoms with Crippen LogP contribution in [-0.2, 0) is 11.3 Å². The maximum atomic E-state index is 8.83. The van der Waals surface area contributed by atoms with Crippen LogP contribution >= 0.6 is 35.4 Å². The summed E-state index contributed by atoms with van der Waals surface area (Å²) >= 11 is 17.5. The van der Waals surface area contributed by atoms with Gasteiger partial charge in [-0.2, -0.15) is 5.26 Å². The summed E-state index contributed by atoms with van der Waals surface area (Å²) in [4.78, 5) is 2.00. The first-order chi connectivity index (χ1) is 11.1. The number of halogens is 2. The molecule has 1 unspecified atom stereocenters. The van der Waals surface area contributed by atoms with Gasteiger partial charge in [0.1, 0.15) is 0 Å². The van der Waals surface area contributed by atoms with E-state index in [0.29, 0.717) is 41.2 Å². The molecule has 7 heteroatoms. The van der Waals surface area contributed by atoms with E-state index in [0.717, 1.165) is 25.0 Å². The van der Waals surface area contributed by atoms with Gasteiger partial charge in [0.05, 0.1) is 18.6 Å². The Labute approximate surface area is 152 Å². The summed E-state index contributed by atoms with van der Waals surface area (Å²) in [5.74, 6) is 0. The molecule has 0 aliphatic carbocycles. The van der Waals surface area contributed by atoms with Crippen molar-refractivity contribution in [2.45, 2.75) is 31.9 Å². The van der Waals surface area contributed by atoms with E-state index in [-0.39, 0.29) is 6.10 Å². The molecule has 0 amide bonds. The molecule has 1 atom stereocenters. The Kier molecular flexibility index (Phi) is 7.38. The number of hydrogen-bond acceptors (Lipinski definition) is 3. The normalized spacial score (nSPS) is 16.8. The van der Waals surface area contributed by atoms with E-state index in [1.165, 1.54) is 0 Å². The number of rotatable bonds is 6. The molecule has 1 fully saturated rings. The molecule has 0 saturated carbocycles. The zero-order valence-electron chi connectivity index (χ0n) is 12.7. The maximum absolute atomic E-state index is 8.83. The first-order valence-electron chi connectivity index (χ1n) is 7.55. The molecule has 1 aliphatic heterocycles. The smallest absolute Gasteiger partial charge is 0.169 e. The van der Waals surface area contributed by atoms with Crippen LogP contribution in [-0.4, -0.2) is 35.8 Å². The second-order valence-electron chi connectivity index (χ2n) is 5.38. The summed E-state index contributed by atoms with van der Waals surface area (Å²) in [5.41, 5.74) is 0.927. The fourth-order valence-corrected chi connectivity index (χ4v) is 3.16. The van der Waals surface area contributed by atoms with Crippen LogP contribution in [0.4, 0.5) is 0 Å². The number of ether oxygens (including phenoxy) is 1. The molecule has 0 aromatic heterocycles. The molecular weight excluding hydrogens is 353 g/mol. The van der Waals surface area contributed by atoms with Crippen molar-refractivity contribution in [2.24, 2.45) is 0 Å². The van der Waals surface area contributed by atoms with E-state index in [9.17, 15) is 0 Å². The third-order valence-electron chi connectivity index (χ3n) is 3.67. The van der Waals surface area contributed by atoms with E-state index < -0.39 is 0 Å². The highest BCUT2D eigenvalue weighted by Gasteiger charge is 2.20. The van der Waals surface area contributed by atoms with Crippen LogP contribution in [0.25, 0.3) is 0 Å². The Bertz CT molecular complexity index is 585. The van der Waals surface area contributed by atoms with Gasteiger partial charge < -0.3 is 15.0 Å². The van der Waals surface area contributed by atoms with Crippen molar-refractivity contribution in [1.82, 2.24) is 10.2 Å². The van der Waals surface area contributed by atoms with Crippen LogP contribution in [0.1, 0.15) is 24.8 Å². The highest BCUT2D eigenvalue weighted by Crippen LogP contribution is 2.21. The fourth-order valence-electron chi connectivity index (χ4n) is 2.44. The highest BCUT2D eigenvalue weighted by molar-refractivity contribution is 7.80. The number of nitriles is 1. The number of hydrogen-bond donors (Lipinski definition) is 1. The fraction of sp³-hybridized carbons (Fsp3) is 0.500.